The topological polar surface area (TPSA) is 255 Å². The van der Waals surface area contributed by atoms with Crippen LogP contribution in [0.5, 0.6) is 0 Å². The van der Waals surface area contributed by atoms with Crippen LogP contribution in [0.4, 0.5) is 0 Å². The summed E-state index contributed by atoms with van der Waals surface area (Å²) in [7, 11) is 0. The fraction of sp³-hybridized carbons (Fsp3) is 0.590. The Hall–Kier alpha value is -7.52. The number of carbonyl (C=O) groups is 12. The molecule has 5 aliphatic rings. The minimum Gasteiger partial charge on any atom is -0.375 e. The van der Waals surface area contributed by atoms with Crippen LogP contribution < -0.4 is 0 Å². The van der Waals surface area contributed by atoms with Crippen molar-refractivity contribution < 1.29 is 76.5 Å². The molecular weight excluding hydrogens is 1250 g/mol. The Morgan fingerprint density at radius 1 is 0.398 bits per heavy atom. The van der Waals surface area contributed by atoms with Crippen LogP contribution in [0, 0.1) is 38.9 Å². The van der Waals surface area contributed by atoms with Gasteiger partial charge in [-0.3, -0.25) is 72.2 Å². The Balaban J connectivity index is 0.748. The van der Waals surface area contributed by atoms with Crippen LogP contribution in [0.2, 0.25) is 0 Å². The number of ether oxygens (including phenoxy) is 4. The van der Waals surface area contributed by atoms with Crippen molar-refractivity contribution in [3.05, 3.63) is 93.0 Å². The third-order valence-corrected chi connectivity index (χ3v) is 22.1. The van der Waals surface area contributed by atoms with E-state index in [4.69, 9.17) is 18.9 Å². The number of benzene rings is 4. The predicted molar refractivity (Wildman–Crippen MR) is 369 cm³/mol. The molecule has 1 saturated carbocycles. The Morgan fingerprint density at radius 3 is 1.10 bits per heavy atom. The maximum absolute atomic E-state index is 14.5. The molecule has 0 N–H and O–H groups in total. The largest absolute Gasteiger partial charge is 0.375 e. The highest BCUT2D eigenvalue weighted by Gasteiger charge is 2.50. The zero-order valence-corrected chi connectivity index (χ0v) is 60.8. The van der Waals surface area contributed by atoms with Crippen LogP contribution in [0.25, 0.3) is 21.5 Å². The minimum atomic E-state index is -1.26. The lowest BCUT2D eigenvalue weighted by Gasteiger charge is -2.43. The molecule has 4 aromatic rings. The summed E-state index contributed by atoms with van der Waals surface area (Å²) in [6.45, 7) is 33.0. The summed E-state index contributed by atoms with van der Waals surface area (Å²) in [5.41, 5.74) is -5.57. The van der Waals surface area contributed by atoms with Crippen molar-refractivity contribution in [1.82, 2.24) is 19.6 Å². The molecule has 9 rings (SSSR count). The molecular formula is C78H100N4O16. The number of carbonyl (C=O) groups excluding carboxylic acids is 12. The number of Topliss-reactive ketones (excluding diaryl/α,β-unsaturated/α-hetero) is 4. The molecule has 98 heavy (non-hydrogen) atoms. The van der Waals surface area contributed by atoms with Crippen LogP contribution in [-0.4, -0.2) is 153 Å². The number of amides is 8. The molecule has 0 atom stereocenters. The maximum atomic E-state index is 14.5. The molecule has 0 spiro atoms. The van der Waals surface area contributed by atoms with Gasteiger partial charge in [0.2, 0.25) is 0 Å². The first-order chi connectivity index (χ1) is 45.5. The SMILES string of the molecule is CCCOCN1C(=O)c2ccc3c4c(ccc(c24)C1=O)C(=O)N(COC(C)(C)CCCC(C)(C)OCC(C)(C)COC(C)(C)C(C)(C)C(=O)CN1C(=O)c2ccc4c5c(ccc(c25)C1=O)C(=O)N(CC(=O)C(C)(C)CCC(C)(C)C(=O)C1CCC(C(=O)C(C)(C)CC)CC1)C4=O)C3=O. The van der Waals surface area contributed by atoms with E-state index in [1.807, 2.05) is 83.1 Å². The van der Waals surface area contributed by atoms with Crippen molar-refractivity contribution in [2.75, 3.05) is 46.4 Å². The predicted octanol–water partition coefficient (Wildman–Crippen LogP) is 13.4. The zero-order valence-electron chi connectivity index (χ0n) is 60.8. The van der Waals surface area contributed by atoms with Gasteiger partial charge in [-0.1, -0.05) is 83.1 Å². The van der Waals surface area contributed by atoms with Gasteiger partial charge < -0.3 is 18.9 Å². The third kappa shape index (κ3) is 14.2. The molecule has 0 aromatic heterocycles. The van der Waals surface area contributed by atoms with E-state index in [9.17, 15) is 57.5 Å². The molecule has 4 aliphatic heterocycles. The minimum absolute atomic E-state index is 0.0367. The monoisotopic (exact) mass is 1350 g/mol. The van der Waals surface area contributed by atoms with Gasteiger partial charge in [0.05, 0.1) is 48.5 Å². The summed E-state index contributed by atoms with van der Waals surface area (Å²) < 4.78 is 24.9. The Morgan fingerprint density at radius 2 is 0.724 bits per heavy atom. The first-order valence-corrected chi connectivity index (χ1v) is 34.8. The summed E-state index contributed by atoms with van der Waals surface area (Å²) in [4.78, 5) is 172. The van der Waals surface area contributed by atoms with Crippen molar-refractivity contribution in [1.29, 1.82) is 0 Å². The number of nitrogens with zero attached hydrogens (tertiary/aromatic N) is 4. The van der Waals surface area contributed by atoms with Gasteiger partial charge in [0, 0.05) is 106 Å². The smallest absolute Gasteiger partial charge is 0.263 e. The van der Waals surface area contributed by atoms with Crippen LogP contribution in [0.3, 0.4) is 0 Å². The van der Waals surface area contributed by atoms with Crippen molar-refractivity contribution in [2.45, 2.75) is 212 Å². The van der Waals surface area contributed by atoms with Gasteiger partial charge in [0.25, 0.3) is 47.3 Å². The average molecular weight is 1350 g/mol. The van der Waals surface area contributed by atoms with Crippen LogP contribution in [-0.2, 0) is 38.1 Å². The molecule has 1 fully saturated rings. The summed E-state index contributed by atoms with van der Waals surface area (Å²) in [5, 5.41) is 0.792. The van der Waals surface area contributed by atoms with E-state index in [1.165, 1.54) is 48.5 Å². The second-order valence-corrected chi connectivity index (χ2v) is 32.8. The summed E-state index contributed by atoms with van der Waals surface area (Å²) in [6.07, 6.45) is 6.63. The van der Waals surface area contributed by atoms with E-state index in [0.29, 0.717) is 70.8 Å². The van der Waals surface area contributed by atoms with Crippen molar-refractivity contribution >= 4 is 91.9 Å². The lowest BCUT2D eigenvalue weighted by molar-refractivity contribution is -0.161. The summed E-state index contributed by atoms with van der Waals surface area (Å²) in [5.74, 6) is -6.05. The highest BCUT2D eigenvalue weighted by Crippen LogP contribution is 2.45. The lowest BCUT2D eigenvalue weighted by atomic mass is 9.67. The van der Waals surface area contributed by atoms with Crippen molar-refractivity contribution in [3.63, 3.8) is 0 Å². The number of ketones is 4. The molecule has 20 nitrogen and oxygen atoms in total. The van der Waals surface area contributed by atoms with Crippen molar-refractivity contribution in [2.24, 2.45) is 38.9 Å². The first kappa shape index (κ1) is 74.7. The van der Waals surface area contributed by atoms with Crippen LogP contribution in [0.1, 0.15) is 278 Å². The number of hydrogen-bond donors (Lipinski definition) is 0. The molecule has 0 saturated heterocycles. The molecule has 528 valence electrons. The fourth-order valence-corrected chi connectivity index (χ4v) is 13.9. The molecule has 0 unspecified atom stereocenters. The number of hydrogen-bond acceptors (Lipinski definition) is 16. The van der Waals surface area contributed by atoms with Gasteiger partial charge in [-0.25, -0.2) is 4.90 Å². The van der Waals surface area contributed by atoms with Crippen LogP contribution >= 0.6 is 0 Å². The summed E-state index contributed by atoms with van der Waals surface area (Å²) >= 11 is 0. The molecule has 1 aliphatic carbocycles. The van der Waals surface area contributed by atoms with Gasteiger partial charge in [0.1, 0.15) is 25.0 Å². The highest BCUT2D eigenvalue weighted by atomic mass is 16.5. The third-order valence-electron chi connectivity index (χ3n) is 22.1. The van der Waals surface area contributed by atoms with Gasteiger partial charge in [-0.05, 0) is 161 Å². The second kappa shape index (κ2) is 27.2. The van der Waals surface area contributed by atoms with Gasteiger partial charge in [0.15, 0.2) is 11.6 Å². The molecule has 4 aromatic carbocycles. The van der Waals surface area contributed by atoms with E-state index in [2.05, 4.69) is 0 Å². The summed E-state index contributed by atoms with van der Waals surface area (Å²) in [6, 6.07) is 11.7. The first-order valence-electron chi connectivity index (χ1n) is 34.8. The Kier molecular flexibility index (Phi) is 20.7. The standard InChI is InChI=1S/C78H100N4O16/c1-19-38-95-43-81-67(91)51-30-32-53-60-54(33-31-52(59(51)60)68(81)92)70(94)82(69(53)93)44-98-76(13,14)35-21-34-75(11,12)96-41-71(3,4)42-97-78(17,18)77(15,16)56(84)40-80-65(89)49-28-26-47-57-48(27-29-50(58(49)57)66(80)90)64(88)79(63(47)87)39-55(83)73(7,8)36-37-74(9,10)62(86)46-24-22-45(23-25-46)61(85)72(5,6)20-2/h26-33,45-46H,19-25,34-44H2,1-18H3. The van der Waals surface area contributed by atoms with Crippen molar-refractivity contribution in [3.8, 4) is 0 Å². The molecule has 4 heterocycles. The van der Waals surface area contributed by atoms with Crippen LogP contribution in [0.15, 0.2) is 48.5 Å². The van der Waals surface area contributed by atoms with Gasteiger partial charge in [-0.2, -0.15) is 0 Å². The zero-order chi connectivity index (χ0) is 72.5. The van der Waals surface area contributed by atoms with Gasteiger partial charge in [-0.15, -0.1) is 0 Å². The van der Waals surface area contributed by atoms with E-state index in [1.54, 1.807) is 41.5 Å². The average Bonchev–Trinajstić information content (AvgIpc) is 0.719. The normalized spacial score (nSPS) is 18.1. The highest BCUT2D eigenvalue weighted by molar-refractivity contribution is 6.35. The molecule has 0 radical (unpaired) electrons. The maximum Gasteiger partial charge on any atom is 0.263 e. The fourth-order valence-electron chi connectivity index (χ4n) is 13.9. The number of rotatable bonds is 32. The van der Waals surface area contributed by atoms with E-state index in [-0.39, 0.29) is 122 Å². The quantitative estimate of drug-likeness (QED) is 0.0325. The Labute approximate surface area is 575 Å². The molecule has 0 bridgehead atoms. The van der Waals surface area contributed by atoms with E-state index >= 15 is 0 Å². The van der Waals surface area contributed by atoms with E-state index in [0.717, 1.165) is 26.0 Å². The molecule has 8 amide bonds. The Bertz CT molecular complexity index is 3860. The van der Waals surface area contributed by atoms with E-state index < -0.39 is 110 Å². The second-order valence-electron chi connectivity index (χ2n) is 32.8. The lowest BCUT2D eigenvalue weighted by Crippen LogP contribution is -2.53. The number of imide groups is 4. The molecule has 20 heteroatoms. The van der Waals surface area contributed by atoms with Gasteiger partial charge >= 0.3 is 0 Å².